The van der Waals surface area contributed by atoms with Crippen LogP contribution in [-0.2, 0) is 11.3 Å². The highest BCUT2D eigenvalue weighted by molar-refractivity contribution is 5.89. The summed E-state index contributed by atoms with van der Waals surface area (Å²) in [4.78, 5) is 11.6. The van der Waals surface area contributed by atoms with Crippen LogP contribution < -0.4 is 5.32 Å². The van der Waals surface area contributed by atoms with E-state index in [0.717, 1.165) is 22.7 Å². The van der Waals surface area contributed by atoms with Crippen LogP contribution in [0.4, 0.5) is 5.69 Å². The fourth-order valence-corrected chi connectivity index (χ4v) is 2.27. The SMILES string of the molecule is CCOC(=O)c1ccc(NCc2cc(-c3ccccc3)no2)cc1. The largest absolute Gasteiger partial charge is 0.462 e. The lowest BCUT2D eigenvalue weighted by Crippen LogP contribution is -2.05. The number of anilines is 1. The Morgan fingerprint density at radius 1 is 1.12 bits per heavy atom. The molecule has 3 rings (SSSR count). The summed E-state index contributed by atoms with van der Waals surface area (Å²) in [7, 11) is 0. The lowest BCUT2D eigenvalue weighted by atomic mass is 10.1. The van der Waals surface area contributed by atoms with Gasteiger partial charge in [-0.25, -0.2) is 4.79 Å². The molecule has 0 atom stereocenters. The van der Waals surface area contributed by atoms with Crippen LogP contribution in [0.1, 0.15) is 23.0 Å². The van der Waals surface area contributed by atoms with Gasteiger partial charge in [-0.05, 0) is 31.2 Å². The third-order valence-electron chi connectivity index (χ3n) is 3.49. The Kier molecular flexibility index (Phi) is 4.91. The second-order valence-electron chi connectivity index (χ2n) is 5.20. The Labute approximate surface area is 140 Å². The first-order chi connectivity index (χ1) is 11.8. The van der Waals surface area contributed by atoms with Crippen LogP contribution in [0.25, 0.3) is 11.3 Å². The van der Waals surface area contributed by atoms with E-state index < -0.39 is 0 Å². The number of esters is 1. The number of nitrogens with zero attached hydrogens (tertiary/aromatic N) is 1. The molecule has 5 nitrogen and oxygen atoms in total. The highest BCUT2D eigenvalue weighted by atomic mass is 16.5. The molecule has 3 aromatic rings. The molecule has 2 aromatic carbocycles. The lowest BCUT2D eigenvalue weighted by Gasteiger charge is -2.05. The molecular weight excluding hydrogens is 304 g/mol. The summed E-state index contributed by atoms with van der Waals surface area (Å²) in [5.74, 6) is 0.426. The van der Waals surface area contributed by atoms with Crippen molar-refractivity contribution >= 4 is 11.7 Å². The maximum Gasteiger partial charge on any atom is 0.338 e. The van der Waals surface area contributed by atoms with Gasteiger partial charge in [0, 0.05) is 17.3 Å². The van der Waals surface area contributed by atoms with E-state index in [-0.39, 0.29) is 5.97 Å². The molecule has 0 saturated heterocycles. The number of hydrogen-bond acceptors (Lipinski definition) is 5. The first kappa shape index (κ1) is 15.8. The minimum Gasteiger partial charge on any atom is -0.462 e. The number of nitrogens with one attached hydrogen (secondary N) is 1. The quantitative estimate of drug-likeness (QED) is 0.691. The molecule has 0 saturated carbocycles. The van der Waals surface area contributed by atoms with Crippen molar-refractivity contribution in [3.05, 3.63) is 72.0 Å². The van der Waals surface area contributed by atoms with Crippen molar-refractivity contribution in [2.75, 3.05) is 11.9 Å². The van der Waals surface area contributed by atoms with Gasteiger partial charge in [0.05, 0.1) is 18.7 Å². The van der Waals surface area contributed by atoms with Crippen LogP contribution in [-0.4, -0.2) is 17.7 Å². The minimum atomic E-state index is -0.313. The van der Waals surface area contributed by atoms with E-state index in [1.807, 2.05) is 48.5 Å². The van der Waals surface area contributed by atoms with Gasteiger partial charge in [-0.3, -0.25) is 0 Å². The topological polar surface area (TPSA) is 64.4 Å². The number of aromatic nitrogens is 1. The maximum absolute atomic E-state index is 11.6. The molecule has 0 aliphatic carbocycles. The zero-order chi connectivity index (χ0) is 16.8. The summed E-state index contributed by atoms with van der Waals surface area (Å²) in [6, 6.07) is 18.9. The van der Waals surface area contributed by atoms with Gasteiger partial charge in [-0.1, -0.05) is 35.5 Å². The van der Waals surface area contributed by atoms with E-state index in [1.54, 1.807) is 19.1 Å². The van der Waals surface area contributed by atoms with Crippen molar-refractivity contribution in [1.29, 1.82) is 0 Å². The number of rotatable bonds is 6. The number of hydrogen-bond donors (Lipinski definition) is 1. The van der Waals surface area contributed by atoms with E-state index in [0.29, 0.717) is 18.7 Å². The second-order valence-corrected chi connectivity index (χ2v) is 5.20. The van der Waals surface area contributed by atoms with Crippen LogP contribution in [0.15, 0.2) is 65.2 Å². The van der Waals surface area contributed by atoms with Crippen molar-refractivity contribution in [2.45, 2.75) is 13.5 Å². The minimum absolute atomic E-state index is 0.313. The maximum atomic E-state index is 11.6. The molecule has 1 aromatic heterocycles. The van der Waals surface area contributed by atoms with E-state index >= 15 is 0 Å². The molecule has 0 amide bonds. The van der Waals surface area contributed by atoms with E-state index in [9.17, 15) is 4.79 Å². The van der Waals surface area contributed by atoms with Crippen LogP contribution in [0.2, 0.25) is 0 Å². The third kappa shape index (κ3) is 3.81. The normalized spacial score (nSPS) is 10.4. The second kappa shape index (κ2) is 7.46. The smallest absolute Gasteiger partial charge is 0.338 e. The zero-order valence-electron chi connectivity index (χ0n) is 13.4. The molecule has 1 heterocycles. The van der Waals surface area contributed by atoms with Crippen molar-refractivity contribution in [3.8, 4) is 11.3 Å². The summed E-state index contributed by atoms with van der Waals surface area (Å²) in [5, 5.41) is 7.32. The number of benzene rings is 2. The Bertz CT molecular complexity index is 795. The molecule has 1 N–H and O–H groups in total. The van der Waals surface area contributed by atoms with Gasteiger partial charge in [0.2, 0.25) is 0 Å². The first-order valence-corrected chi connectivity index (χ1v) is 7.78. The van der Waals surface area contributed by atoms with E-state index in [1.165, 1.54) is 0 Å². The van der Waals surface area contributed by atoms with Crippen LogP contribution >= 0.6 is 0 Å². The molecule has 0 radical (unpaired) electrons. The molecule has 0 spiro atoms. The average Bonchev–Trinajstić information content (AvgIpc) is 3.10. The third-order valence-corrected chi connectivity index (χ3v) is 3.49. The highest BCUT2D eigenvalue weighted by Gasteiger charge is 2.07. The highest BCUT2D eigenvalue weighted by Crippen LogP contribution is 2.19. The molecule has 24 heavy (non-hydrogen) atoms. The standard InChI is InChI=1S/C19H18N2O3/c1-2-23-19(22)15-8-10-16(11-9-15)20-13-17-12-18(21-24-17)14-6-4-3-5-7-14/h3-12,20H,2,13H2,1H3. The Morgan fingerprint density at radius 3 is 2.58 bits per heavy atom. The molecule has 0 bridgehead atoms. The molecule has 0 fully saturated rings. The van der Waals surface area contributed by atoms with Gasteiger partial charge in [-0.15, -0.1) is 0 Å². The van der Waals surface area contributed by atoms with Gasteiger partial charge in [0.25, 0.3) is 0 Å². The molecule has 0 aliphatic rings. The van der Waals surface area contributed by atoms with Crippen molar-refractivity contribution in [1.82, 2.24) is 5.16 Å². The van der Waals surface area contributed by atoms with E-state index in [2.05, 4.69) is 10.5 Å². The fourth-order valence-electron chi connectivity index (χ4n) is 2.27. The zero-order valence-corrected chi connectivity index (χ0v) is 13.4. The van der Waals surface area contributed by atoms with Gasteiger partial charge in [0.15, 0.2) is 5.76 Å². The van der Waals surface area contributed by atoms with Crippen molar-refractivity contribution < 1.29 is 14.1 Å². The Morgan fingerprint density at radius 2 is 1.88 bits per heavy atom. The number of carbonyl (C=O) groups excluding carboxylic acids is 1. The average molecular weight is 322 g/mol. The molecule has 5 heteroatoms. The van der Waals surface area contributed by atoms with E-state index in [4.69, 9.17) is 9.26 Å². The number of ether oxygens (including phenoxy) is 1. The van der Waals surface area contributed by atoms with Crippen LogP contribution in [0, 0.1) is 0 Å². The van der Waals surface area contributed by atoms with Crippen LogP contribution in [0.5, 0.6) is 0 Å². The first-order valence-electron chi connectivity index (χ1n) is 7.78. The molecule has 0 aliphatic heterocycles. The summed E-state index contributed by atoms with van der Waals surface area (Å²) in [6.07, 6.45) is 0. The predicted molar refractivity (Wildman–Crippen MR) is 91.7 cm³/mol. The van der Waals surface area contributed by atoms with Crippen molar-refractivity contribution in [3.63, 3.8) is 0 Å². The fraction of sp³-hybridized carbons (Fsp3) is 0.158. The summed E-state index contributed by atoms with van der Waals surface area (Å²) < 4.78 is 10.3. The molecular formula is C19H18N2O3. The van der Waals surface area contributed by atoms with Gasteiger partial charge in [-0.2, -0.15) is 0 Å². The molecule has 0 unspecified atom stereocenters. The Hall–Kier alpha value is -3.08. The Balaban J connectivity index is 1.60. The van der Waals surface area contributed by atoms with Crippen LogP contribution in [0.3, 0.4) is 0 Å². The predicted octanol–water partition coefficient (Wildman–Crippen LogP) is 4.13. The number of carbonyl (C=O) groups is 1. The summed E-state index contributed by atoms with van der Waals surface area (Å²) >= 11 is 0. The van der Waals surface area contributed by atoms with Gasteiger partial charge < -0.3 is 14.6 Å². The van der Waals surface area contributed by atoms with Gasteiger partial charge >= 0.3 is 5.97 Å². The summed E-state index contributed by atoms with van der Waals surface area (Å²) in [6.45, 7) is 2.67. The summed E-state index contributed by atoms with van der Waals surface area (Å²) in [5.41, 5.74) is 3.26. The molecule has 122 valence electrons. The van der Waals surface area contributed by atoms with Crippen molar-refractivity contribution in [2.24, 2.45) is 0 Å². The lowest BCUT2D eigenvalue weighted by molar-refractivity contribution is 0.0526. The monoisotopic (exact) mass is 322 g/mol. The van der Waals surface area contributed by atoms with Gasteiger partial charge in [0.1, 0.15) is 5.69 Å².